The van der Waals surface area contributed by atoms with Gasteiger partial charge in [0.05, 0.1) is 5.01 Å². The summed E-state index contributed by atoms with van der Waals surface area (Å²) in [5.41, 5.74) is 0. The maximum absolute atomic E-state index is 13.3. The highest BCUT2D eigenvalue weighted by Gasteiger charge is 2.16. The predicted octanol–water partition coefficient (Wildman–Crippen LogP) is 4.78. The fraction of sp³-hybridized carbons (Fsp3) is 0.312. The fourth-order valence-corrected chi connectivity index (χ4v) is 4.11. The van der Waals surface area contributed by atoms with Crippen molar-refractivity contribution < 1.29 is 4.39 Å². The average Bonchev–Trinajstić information content (AvgIpc) is 3.11. The second-order valence-electron chi connectivity index (χ2n) is 4.97. The second-order valence-corrected chi connectivity index (χ2v) is 7.06. The molecule has 3 aromatic rings. The Morgan fingerprint density at radius 2 is 2.24 bits per heavy atom. The van der Waals surface area contributed by atoms with Gasteiger partial charge in [-0.15, -0.1) is 22.7 Å². The number of fused-ring (bicyclic) bond motifs is 1. The van der Waals surface area contributed by atoms with Gasteiger partial charge in [0.15, 0.2) is 0 Å². The number of nitrogens with one attached hydrogen (secondary N) is 1. The van der Waals surface area contributed by atoms with Gasteiger partial charge >= 0.3 is 0 Å². The molecule has 0 bridgehead atoms. The van der Waals surface area contributed by atoms with E-state index in [0.717, 1.165) is 34.5 Å². The van der Waals surface area contributed by atoms with Gasteiger partial charge in [-0.25, -0.2) is 9.37 Å². The predicted molar refractivity (Wildman–Crippen MR) is 88.6 cm³/mol. The monoisotopic (exact) mass is 320 g/mol. The number of hydrogen-bond donors (Lipinski definition) is 1. The first-order valence-electron chi connectivity index (χ1n) is 7.07. The molecule has 0 amide bonds. The van der Waals surface area contributed by atoms with Crippen LogP contribution < -0.4 is 5.32 Å². The van der Waals surface area contributed by atoms with Crippen molar-refractivity contribution in [3.8, 4) is 0 Å². The van der Waals surface area contributed by atoms with Crippen LogP contribution in [0.4, 0.5) is 4.39 Å². The molecule has 0 aliphatic rings. The van der Waals surface area contributed by atoms with Crippen LogP contribution in [-0.2, 0) is 6.42 Å². The normalized spacial score (nSPS) is 12.9. The molecule has 3 rings (SSSR count). The largest absolute Gasteiger partial charge is 0.309 e. The third-order valence-electron chi connectivity index (χ3n) is 3.34. The summed E-state index contributed by atoms with van der Waals surface area (Å²) in [6, 6.07) is 7.34. The number of halogens is 1. The van der Waals surface area contributed by atoms with E-state index >= 15 is 0 Å². The quantitative estimate of drug-likeness (QED) is 0.707. The molecule has 0 fully saturated rings. The Labute approximate surface area is 131 Å². The van der Waals surface area contributed by atoms with Crippen LogP contribution in [0.5, 0.6) is 0 Å². The SMILES string of the molecule is CCCNC(Cc1nccs1)c1cc2cc(F)ccc2s1. The maximum atomic E-state index is 13.3. The minimum absolute atomic E-state index is 0.176. The van der Waals surface area contributed by atoms with Gasteiger partial charge in [-0.3, -0.25) is 0 Å². The van der Waals surface area contributed by atoms with Gasteiger partial charge < -0.3 is 5.32 Å². The van der Waals surface area contributed by atoms with Crippen LogP contribution in [0.3, 0.4) is 0 Å². The highest BCUT2D eigenvalue weighted by Crippen LogP contribution is 2.32. The third kappa shape index (κ3) is 3.48. The maximum Gasteiger partial charge on any atom is 0.123 e. The molecule has 2 nitrogen and oxygen atoms in total. The van der Waals surface area contributed by atoms with Gasteiger partial charge in [-0.05, 0) is 42.6 Å². The van der Waals surface area contributed by atoms with Crippen LogP contribution in [0.2, 0.25) is 0 Å². The van der Waals surface area contributed by atoms with Crippen LogP contribution in [0.1, 0.15) is 29.3 Å². The number of nitrogens with zero attached hydrogens (tertiary/aromatic N) is 1. The molecule has 1 aromatic carbocycles. The minimum Gasteiger partial charge on any atom is -0.309 e. The second kappa shape index (κ2) is 6.64. The van der Waals surface area contributed by atoms with Gasteiger partial charge in [-0.1, -0.05) is 6.92 Å². The Morgan fingerprint density at radius 3 is 3.00 bits per heavy atom. The Hall–Kier alpha value is -1.30. The smallest absolute Gasteiger partial charge is 0.123 e. The highest BCUT2D eigenvalue weighted by molar-refractivity contribution is 7.19. The summed E-state index contributed by atoms with van der Waals surface area (Å²) >= 11 is 3.42. The van der Waals surface area contributed by atoms with Gasteiger partial charge in [-0.2, -0.15) is 0 Å². The Balaban J connectivity index is 1.89. The van der Waals surface area contributed by atoms with Crippen molar-refractivity contribution in [2.45, 2.75) is 25.8 Å². The van der Waals surface area contributed by atoms with E-state index in [-0.39, 0.29) is 11.9 Å². The number of benzene rings is 1. The van der Waals surface area contributed by atoms with E-state index in [1.54, 1.807) is 28.7 Å². The molecule has 1 N–H and O–H groups in total. The van der Waals surface area contributed by atoms with Crippen molar-refractivity contribution in [1.29, 1.82) is 0 Å². The van der Waals surface area contributed by atoms with Crippen molar-refractivity contribution >= 4 is 32.8 Å². The zero-order chi connectivity index (χ0) is 14.7. The van der Waals surface area contributed by atoms with Gasteiger partial charge in [0.1, 0.15) is 5.82 Å². The van der Waals surface area contributed by atoms with E-state index in [2.05, 4.69) is 23.3 Å². The Bertz CT molecular complexity index is 706. The lowest BCUT2D eigenvalue weighted by Crippen LogP contribution is -2.23. The van der Waals surface area contributed by atoms with E-state index in [1.807, 2.05) is 17.6 Å². The summed E-state index contributed by atoms with van der Waals surface area (Å²) in [5, 5.41) is 7.70. The van der Waals surface area contributed by atoms with Crippen molar-refractivity contribution in [2.75, 3.05) is 6.54 Å². The third-order valence-corrected chi connectivity index (χ3v) is 5.38. The number of hydrogen-bond acceptors (Lipinski definition) is 4. The first-order chi connectivity index (χ1) is 10.3. The molecule has 0 spiro atoms. The molecule has 1 atom stereocenters. The minimum atomic E-state index is -0.176. The lowest BCUT2D eigenvalue weighted by Gasteiger charge is -2.15. The van der Waals surface area contributed by atoms with Crippen molar-refractivity contribution in [3.05, 3.63) is 51.5 Å². The van der Waals surface area contributed by atoms with Gasteiger partial charge in [0.2, 0.25) is 0 Å². The standard InChI is InChI=1S/C16H17FN2S2/c1-2-5-18-13(10-16-19-6-7-20-16)15-9-11-8-12(17)3-4-14(11)21-15/h3-4,6-9,13,18H,2,5,10H2,1H3. The van der Waals surface area contributed by atoms with Gasteiger partial charge in [0.25, 0.3) is 0 Å². The van der Waals surface area contributed by atoms with E-state index in [1.165, 1.54) is 10.9 Å². The average molecular weight is 320 g/mol. The molecule has 110 valence electrons. The van der Waals surface area contributed by atoms with Crippen LogP contribution in [0.15, 0.2) is 35.8 Å². The summed E-state index contributed by atoms with van der Waals surface area (Å²) in [4.78, 5) is 5.63. The number of aromatic nitrogens is 1. The number of rotatable bonds is 6. The molecule has 1 unspecified atom stereocenters. The first kappa shape index (κ1) is 14.6. The summed E-state index contributed by atoms with van der Waals surface area (Å²) in [6.45, 7) is 3.13. The molecule has 21 heavy (non-hydrogen) atoms. The topological polar surface area (TPSA) is 24.9 Å². The van der Waals surface area contributed by atoms with Crippen LogP contribution in [0.25, 0.3) is 10.1 Å². The first-order valence-corrected chi connectivity index (χ1v) is 8.76. The van der Waals surface area contributed by atoms with Crippen molar-refractivity contribution in [3.63, 3.8) is 0 Å². The summed E-state index contributed by atoms with van der Waals surface area (Å²) < 4.78 is 14.5. The Kier molecular flexibility index (Phi) is 4.63. The zero-order valence-electron chi connectivity index (χ0n) is 11.8. The lowest BCUT2D eigenvalue weighted by atomic mass is 10.1. The molecular formula is C16H17FN2S2. The summed E-state index contributed by atoms with van der Waals surface area (Å²) in [5.74, 6) is -0.176. The lowest BCUT2D eigenvalue weighted by molar-refractivity contribution is 0.536. The Morgan fingerprint density at radius 1 is 1.33 bits per heavy atom. The molecule has 5 heteroatoms. The van der Waals surface area contributed by atoms with Crippen LogP contribution in [0, 0.1) is 5.82 Å². The highest BCUT2D eigenvalue weighted by atomic mass is 32.1. The molecular weight excluding hydrogens is 303 g/mol. The van der Waals surface area contributed by atoms with Crippen LogP contribution in [-0.4, -0.2) is 11.5 Å². The van der Waals surface area contributed by atoms with E-state index in [0.29, 0.717) is 0 Å². The number of thiazole rings is 1. The summed E-state index contributed by atoms with van der Waals surface area (Å²) in [7, 11) is 0. The van der Waals surface area contributed by atoms with Crippen molar-refractivity contribution in [1.82, 2.24) is 10.3 Å². The number of thiophene rings is 1. The molecule has 0 aliphatic carbocycles. The fourth-order valence-electron chi connectivity index (χ4n) is 2.33. The molecule has 2 heterocycles. The molecule has 0 saturated carbocycles. The van der Waals surface area contributed by atoms with E-state index < -0.39 is 0 Å². The molecule has 0 saturated heterocycles. The van der Waals surface area contributed by atoms with Crippen LogP contribution >= 0.6 is 22.7 Å². The molecule has 2 aromatic heterocycles. The van der Waals surface area contributed by atoms with E-state index in [9.17, 15) is 4.39 Å². The molecule has 0 aliphatic heterocycles. The van der Waals surface area contributed by atoms with Crippen molar-refractivity contribution in [2.24, 2.45) is 0 Å². The van der Waals surface area contributed by atoms with E-state index in [4.69, 9.17) is 0 Å². The zero-order valence-corrected chi connectivity index (χ0v) is 13.4. The molecule has 0 radical (unpaired) electrons. The van der Waals surface area contributed by atoms with Gasteiger partial charge in [0, 0.05) is 33.6 Å². The summed E-state index contributed by atoms with van der Waals surface area (Å²) in [6.07, 6.45) is 3.82.